The average molecular weight is 212 g/mol. The smallest absolute Gasteiger partial charge is 0.0664 e. The van der Waals surface area contributed by atoms with Crippen molar-refractivity contribution in [3.8, 4) is 0 Å². The fraction of sp³-hybridized carbons (Fsp3) is 0.143. The van der Waals surface area contributed by atoms with Crippen LogP contribution >= 0.6 is 0 Å². The highest BCUT2D eigenvalue weighted by Gasteiger charge is 2.09. The summed E-state index contributed by atoms with van der Waals surface area (Å²) in [5, 5.41) is 2.46. The highest BCUT2D eigenvalue weighted by Crippen LogP contribution is 2.23. The summed E-state index contributed by atoms with van der Waals surface area (Å²) >= 11 is 0. The summed E-state index contributed by atoms with van der Waals surface area (Å²) in [4.78, 5) is 0. The summed E-state index contributed by atoms with van der Waals surface area (Å²) in [6.45, 7) is 5.91. The maximum Gasteiger partial charge on any atom is 0.0664 e. The molecule has 3 N–H and O–H groups in total. The summed E-state index contributed by atoms with van der Waals surface area (Å²) in [5.74, 6) is 5.54. The normalized spacial score (nSPS) is 12.6. The van der Waals surface area contributed by atoms with Crippen LogP contribution in [0.2, 0.25) is 0 Å². The first kappa shape index (κ1) is 10.9. The van der Waals surface area contributed by atoms with E-state index in [0.717, 1.165) is 11.1 Å². The summed E-state index contributed by atoms with van der Waals surface area (Å²) in [7, 11) is 0. The standard InChI is InChI=1S/C14H16N2/c1-10(2)14(16-15)13-8-7-11-5-3-4-6-12(11)9-13/h3-9,14,16H,1,15H2,2H3. The first-order chi connectivity index (χ1) is 7.72. The molecule has 0 bridgehead atoms. The van der Waals surface area contributed by atoms with Crippen LogP contribution < -0.4 is 11.3 Å². The van der Waals surface area contributed by atoms with Crippen LogP contribution in [-0.4, -0.2) is 0 Å². The van der Waals surface area contributed by atoms with Gasteiger partial charge in [0.1, 0.15) is 0 Å². The monoisotopic (exact) mass is 212 g/mol. The lowest BCUT2D eigenvalue weighted by Gasteiger charge is -2.16. The number of benzene rings is 2. The molecular weight excluding hydrogens is 196 g/mol. The highest BCUT2D eigenvalue weighted by molar-refractivity contribution is 5.83. The van der Waals surface area contributed by atoms with Gasteiger partial charge in [-0.2, -0.15) is 0 Å². The third kappa shape index (κ3) is 1.98. The first-order valence-corrected chi connectivity index (χ1v) is 5.32. The van der Waals surface area contributed by atoms with Crippen LogP contribution in [0, 0.1) is 0 Å². The largest absolute Gasteiger partial charge is 0.271 e. The Morgan fingerprint density at radius 2 is 1.88 bits per heavy atom. The van der Waals surface area contributed by atoms with E-state index in [1.165, 1.54) is 10.8 Å². The molecule has 0 aliphatic heterocycles. The quantitative estimate of drug-likeness (QED) is 0.466. The molecule has 2 rings (SSSR count). The molecule has 0 radical (unpaired) electrons. The third-order valence-electron chi connectivity index (χ3n) is 2.77. The SMILES string of the molecule is C=C(C)C(NN)c1ccc2ccccc2c1. The summed E-state index contributed by atoms with van der Waals surface area (Å²) in [5.41, 5.74) is 4.94. The molecule has 0 amide bonds. The zero-order valence-electron chi connectivity index (χ0n) is 9.40. The van der Waals surface area contributed by atoms with Crippen LogP contribution in [0.3, 0.4) is 0 Å². The molecule has 16 heavy (non-hydrogen) atoms. The van der Waals surface area contributed by atoms with Crippen molar-refractivity contribution in [2.75, 3.05) is 0 Å². The fourth-order valence-corrected chi connectivity index (χ4v) is 1.91. The van der Waals surface area contributed by atoms with Gasteiger partial charge in [-0.15, -0.1) is 0 Å². The minimum Gasteiger partial charge on any atom is -0.271 e. The van der Waals surface area contributed by atoms with Gasteiger partial charge < -0.3 is 0 Å². The van der Waals surface area contributed by atoms with Gasteiger partial charge in [0.15, 0.2) is 0 Å². The van der Waals surface area contributed by atoms with Crippen LogP contribution in [-0.2, 0) is 0 Å². The molecule has 0 aliphatic rings. The minimum atomic E-state index is 0.0182. The van der Waals surface area contributed by atoms with E-state index < -0.39 is 0 Å². The van der Waals surface area contributed by atoms with E-state index in [1.54, 1.807) is 0 Å². The zero-order chi connectivity index (χ0) is 11.5. The molecular formula is C14H16N2. The number of nitrogens with two attached hydrogens (primary N) is 1. The van der Waals surface area contributed by atoms with Gasteiger partial charge in [0.2, 0.25) is 0 Å². The average Bonchev–Trinajstić information content (AvgIpc) is 2.29. The molecule has 0 aromatic heterocycles. The fourth-order valence-electron chi connectivity index (χ4n) is 1.91. The van der Waals surface area contributed by atoms with Gasteiger partial charge in [-0.1, -0.05) is 48.6 Å². The van der Waals surface area contributed by atoms with Crippen LogP contribution in [0.25, 0.3) is 10.8 Å². The van der Waals surface area contributed by atoms with E-state index in [9.17, 15) is 0 Å². The van der Waals surface area contributed by atoms with Gasteiger partial charge in [-0.25, -0.2) is 5.43 Å². The summed E-state index contributed by atoms with van der Waals surface area (Å²) < 4.78 is 0. The molecule has 0 aliphatic carbocycles. The maximum absolute atomic E-state index is 5.54. The number of fused-ring (bicyclic) bond motifs is 1. The molecule has 2 heteroatoms. The first-order valence-electron chi connectivity index (χ1n) is 5.32. The number of rotatable bonds is 3. The van der Waals surface area contributed by atoms with Gasteiger partial charge in [-0.3, -0.25) is 5.84 Å². The van der Waals surface area contributed by atoms with Crippen molar-refractivity contribution >= 4 is 10.8 Å². The van der Waals surface area contributed by atoms with Gasteiger partial charge in [0.25, 0.3) is 0 Å². The lowest BCUT2D eigenvalue weighted by Crippen LogP contribution is -2.28. The van der Waals surface area contributed by atoms with Gasteiger partial charge in [0.05, 0.1) is 6.04 Å². The van der Waals surface area contributed by atoms with Crippen molar-refractivity contribution in [3.05, 3.63) is 60.2 Å². The van der Waals surface area contributed by atoms with Crippen molar-refractivity contribution in [1.82, 2.24) is 5.43 Å². The highest BCUT2D eigenvalue weighted by atomic mass is 15.2. The Morgan fingerprint density at radius 3 is 2.50 bits per heavy atom. The van der Waals surface area contributed by atoms with Crippen LogP contribution in [0.5, 0.6) is 0 Å². The van der Waals surface area contributed by atoms with Gasteiger partial charge in [-0.05, 0) is 29.3 Å². The molecule has 0 saturated heterocycles. The molecule has 1 unspecified atom stereocenters. The number of nitrogens with one attached hydrogen (secondary N) is 1. The van der Waals surface area contributed by atoms with Crippen molar-refractivity contribution in [2.45, 2.75) is 13.0 Å². The molecule has 2 aromatic rings. The Labute approximate surface area is 95.7 Å². The van der Waals surface area contributed by atoms with Crippen molar-refractivity contribution in [1.29, 1.82) is 0 Å². The summed E-state index contributed by atoms with van der Waals surface area (Å²) in [6, 6.07) is 14.6. The second-order valence-electron chi connectivity index (χ2n) is 4.05. The van der Waals surface area contributed by atoms with E-state index >= 15 is 0 Å². The van der Waals surface area contributed by atoms with E-state index in [4.69, 9.17) is 5.84 Å². The zero-order valence-corrected chi connectivity index (χ0v) is 9.40. The molecule has 0 saturated carbocycles. The molecule has 0 spiro atoms. The number of hydrogen-bond acceptors (Lipinski definition) is 2. The Balaban J connectivity index is 2.49. The predicted octanol–water partition coefficient (Wildman–Crippen LogP) is 2.92. The third-order valence-corrected chi connectivity index (χ3v) is 2.77. The molecule has 0 fully saturated rings. The van der Waals surface area contributed by atoms with E-state index in [2.05, 4.69) is 42.3 Å². The van der Waals surface area contributed by atoms with E-state index in [1.807, 2.05) is 19.1 Å². The minimum absolute atomic E-state index is 0.0182. The molecule has 2 nitrogen and oxygen atoms in total. The second-order valence-corrected chi connectivity index (χ2v) is 4.05. The lowest BCUT2D eigenvalue weighted by molar-refractivity contribution is 0.628. The maximum atomic E-state index is 5.54. The molecule has 82 valence electrons. The number of hydrogen-bond donors (Lipinski definition) is 2. The molecule has 2 aromatic carbocycles. The number of hydrazine groups is 1. The van der Waals surface area contributed by atoms with Gasteiger partial charge in [0, 0.05) is 0 Å². The van der Waals surface area contributed by atoms with E-state index in [0.29, 0.717) is 0 Å². The van der Waals surface area contributed by atoms with Crippen molar-refractivity contribution in [2.24, 2.45) is 5.84 Å². The molecule has 0 heterocycles. The Bertz CT molecular complexity index is 517. The molecule has 1 atom stereocenters. The second kappa shape index (κ2) is 4.47. The van der Waals surface area contributed by atoms with Crippen molar-refractivity contribution < 1.29 is 0 Å². The summed E-state index contributed by atoms with van der Waals surface area (Å²) in [6.07, 6.45) is 0. The predicted molar refractivity (Wildman–Crippen MR) is 68.8 cm³/mol. The van der Waals surface area contributed by atoms with E-state index in [-0.39, 0.29) is 6.04 Å². The van der Waals surface area contributed by atoms with Crippen molar-refractivity contribution in [3.63, 3.8) is 0 Å². The topological polar surface area (TPSA) is 38.0 Å². The Hall–Kier alpha value is -1.64. The van der Waals surface area contributed by atoms with Crippen LogP contribution in [0.1, 0.15) is 18.5 Å². The van der Waals surface area contributed by atoms with Crippen LogP contribution in [0.15, 0.2) is 54.6 Å². The Kier molecular flexibility index (Phi) is 3.04. The van der Waals surface area contributed by atoms with Crippen LogP contribution in [0.4, 0.5) is 0 Å². The Morgan fingerprint density at radius 1 is 1.19 bits per heavy atom. The lowest BCUT2D eigenvalue weighted by atomic mass is 9.98. The van der Waals surface area contributed by atoms with Gasteiger partial charge >= 0.3 is 0 Å².